The Labute approximate surface area is 160 Å². The van der Waals surface area contributed by atoms with Crippen LogP contribution < -0.4 is 10.6 Å². The zero-order valence-electron chi connectivity index (χ0n) is 17.3. The summed E-state index contributed by atoms with van der Waals surface area (Å²) in [5, 5.41) is 6.85. The average Bonchev–Trinajstić information content (AvgIpc) is 2.62. The first kappa shape index (κ1) is 21.5. The monoisotopic (exact) mass is 367 g/mol. The second-order valence-corrected chi connectivity index (χ2v) is 8.05. The number of ether oxygens (including phenoxy) is 1. The van der Waals surface area contributed by atoms with Crippen molar-refractivity contribution in [1.82, 2.24) is 20.4 Å². The van der Waals surface area contributed by atoms with Crippen molar-refractivity contribution in [3.05, 3.63) is 0 Å². The SMILES string of the molecule is CCNC(=NCCCN1CC(C)CC(C)C1)NCCCN1CCOCC1. The topological polar surface area (TPSA) is 52.1 Å². The number of hydrogen-bond acceptors (Lipinski definition) is 4. The van der Waals surface area contributed by atoms with E-state index in [1.54, 1.807) is 0 Å². The van der Waals surface area contributed by atoms with Crippen LogP contribution >= 0.6 is 0 Å². The number of aliphatic imine (C=N–C) groups is 1. The highest BCUT2D eigenvalue weighted by molar-refractivity contribution is 5.79. The lowest BCUT2D eigenvalue weighted by atomic mass is 9.92. The maximum atomic E-state index is 5.40. The van der Waals surface area contributed by atoms with Gasteiger partial charge in [0.1, 0.15) is 0 Å². The van der Waals surface area contributed by atoms with Crippen LogP contribution in [0.4, 0.5) is 0 Å². The quantitative estimate of drug-likeness (QED) is 0.369. The molecule has 2 fully saturated rings. The van der Waals surface area contributed by atoms with E-state index in [0.29, 0.717) is 0 Å². The summed E-state index contributed by atoms with van der Waals surface area (Å²) in [6.45, 7) is 18.4. The first-order chi connectivity index (χ1) is 12.7. The zero-order chi connectivity index (χ0) is 18.6. The molecule has 0 spiro atoms. The summed E-state index contributed by atoms with van der Waals surface area (Å²) in [5.41, 5.74) is 0. The van der Waals surface area contributed by atoms with Crippen LogP contribution in [0.5, 0.6) is 0 Å². The molecule has 0 aromatic carbocycles. The first-order valence-corrected chi connectivity index (χ1v) is 10.7. The predicted molar refractivity (Wildman–Crippen MR) is 110 cm³/mol. The lowest BCUT2D eigenvalue weighted by Gasteiger charge is -2.34. The Morgan fingerprint density at radius 1 is 1.00 bits per heavy atom. The van der Waals surface area contributed by atoms with E-state index in [2.05, 4.69) is 41.2 Å². The standard InChI is InChI=1S/C20H41N5O/c1-4-21-20(22-7-5-9-24-11-13-26-14-12-24)23-8-6-10-25-16-18(2)15-19(3)17-25/h18-19H,4-17H2,1-3H3,(H2,21,22,23). The minimum atomic E-state index is 0.840. The van der Waals surface area contributed by atoms with E-state index in [9.17, 15) is 0 Å². The summed E-state index contributed by atoms with van der Waals surface area (Å²) in [6.07, 6.45) is 3.67. The van der Waals surface area contributed by atoms with Gasteiger partial charge >= 0.3 is 0 Å². The molecule has 2 atom stereocenters. The van der Waals surface area contributed by atoms with E-state index in [1.165, 1.54) is 26.1 Å². The molecule has 0 aliphatic carbocycles. The fraction of sp³-hybridized carbons (Fsp3) is 0.950. The van der Waals surface area contributed by atoms with Crippen LogP contribution in [0.15, 0.2) is 4.99 Å². The number of piperidine rings is 1. The van der Waals surface area contributed by atoms with Crippen LogP contribution in [0.3, 0.4) is 0 Å². The lowest BCUT2D eigenvalue weighted by molar-refractivity contribution is 0.0376. The second-order valence-electron chi connectivity index (χ2n) is 8.05. The van der Waals surface area contributed by atoms with E-state index in [4.69, 9.17) is 9.73 Å². The Bertz CT molecular complexity index is 388. The largest absolute Gasteiger partial charge is 0.379 e. The molecule has 2 saturated heterocycles. The molecule has 2 heterocycles. The molecule has 0 radical (unpaired) electrons. The normalized spacial score (nSPS) is 26.0. The molecule has 2 aliphatic heterocycles. The maximum absolute atomic E-state index is 5.40. The van der Waals surface area contributed by atoms with Crippen molar-refractivity contribution in [3.63, 3.8) is 0 Å². The third-order valence-electron chi connectivity index (χ3n) is 5.24. The Balaban J connectivity index is 1.59. The van der Waals surface area contributed by atoms with Crippen LogP contribution in [-0.4, -0.2) is 87.9 Å². The second kappa shape index (κ2) is 12.5. The molecule has 26 heavy (non-hydrogen) atoms. The van der Waals surface area contributed by atoms with Crippen molar-refractivity contribution in [3.8, 4) is 0 Å². The molecule has 2 aliphatic rings. The third kappa shape index (κ3) is 8.69. The summed E-state index contributed by atoms with van der Waals surface area (Å²) in [6, 6.07) is 0. The Kier molecular flexibility index (Phi) is 10.3. The van der Waals surface area contributed by atoms with Crippen LogP contribution in [0.1, 0.15) is 40.0 Å². The molecular weight excluding hydrogens is 326 g/mol. The van der Waals surface area contributed by atoms with E-state index in [1.807, 2.05) is 0 Å². The minimum absolute atomic E-state index is 0.840. The summed E-state index contributed by atoms with van der Waals surface area (Å²) in [5.74, 6) is 2.65. The maximum Gasteiger partial charge on any atom is 0.191 e. The van der Waals surface area contributed by atoms with E-state index in [-0.39, 0.29) is 0 Å². The van der Waals surface area contributed by atoms with Gasteiger partial charge in [-0.15, -0.1) is 0 Å². The molecule has 0 aromatic rings. The number of nitrogens with one attached hydrogen (secondary N) is 2. The van der Waals surface area contributed by atoms with Gasteiger partial charge in [-0.1, -0.05) is 13.8 Å². The van der Waals surface area contributed by atoms with Gasteiger partial charge in [-0.05, 0) is 51.1 Å². The molecule has 0 amide bonds. The number of rotatable bonds is 9. The van der Waals surface area contributed by atoms with Crippen LogP contribution in [0, 0.1) is 11.8 Å². The van der Waals surface area contributed by atoms with Crippen LogP contribution in [0.2, 0.25) is 0 Å². The molecule has 0 bridgehead atoms. The summed E-state index contributed by atoms with van der Waals surface area (Å²) >= 11 is 0. The number of hydrogen-bond donors (Lipinski definition) is 2. The molecule has 2 unspecified atom stereocenters. The van der Waals surface area contributed by atoms with Crippen LogP contribution in [-0.2, 0) is 4.74 Å². The zero-order valence-corrected chi connectivity index (χ0v) is 17.3. The number of likely N-dealkylation sites (tertiary alicyclic amines) is 1. The van der Waals surface area contributed by atoms with Gasteiger partial charge in [0.2, 0.25) is 0 Å². The fourth-order valence-corrected chi connectivity index (χ4v) is 4.14. The molecule has 0 saturated carbocycles. The van der Waals surface area contributed by atoms with E-state index >= 15 is 0 Å². The highest BCUT2D eigenvalue weighted by atomic mass is 16.5. The van der Waals surface area contributed by atoms with Gasteiger partial charge < -0.3 is 20.3 Å². The molecular formula is C20H41N5O. The van der Waals surface area contributed by atoms with Crippen molar-refractivity contribution < 1.29 is 4.74 Å². The fourth-order valence-electron chi connectivity index (χ4n) is 4.14. The Morgan fingerprint density at radius 2 is 1.69 bits per heavy atom. The molecule has 152 valence electrons. The highest BCUT2D eigenvalue weighted by Gasteiger charge is 2.20. The van der Waals surface area contributed by atoms with Gasteiger partial charge in [0.05, 0.1) is 13.2 Å². The molecule has 2 rings (SSSR count). The van der Waals surface area contributed by atoms with E-state index in [0.717, 1.165) is 83.1 Å². The summed E-state index contributed by atoms with van der Waals surface area (Å²) < 4.78 is 5.40. The smallest absolute Gasteiger partial charge is 0.191 e. The van der Waals surface area contributed by atoms with Gasteiger partial charge in [0.15, 0.2) is 5.96 Å². The van der Waals surface area contributed by atoms with Crippen molar-refractivity contribution in [2.45, 2.75) is 40.0 Å². The summed E-state index contributed by atoms with van der Waals surface area (Å²) in [4.78, 5) is 9.86. The van der Waals surface area contributed by atoms with Gasteiger partial charge in [0.25, 0.3) is 0 Å². The first-order valence-electron chi connectivity index (χ1n) is 10.7. The van der Waals surface area contributed by atoms with Crippen molar-refractivity contribution >= 4 is 5.96 Å². The van der Waals surface area contributed by atoms with Gasteiger partial charge in [-0.25, -0.2) is 0 Å². The minimum Gasteiger partial charge on any atom is -0.379 e. The Hall–Kier alpha value is -0.850. The van der Waals surface area contributed by atoms with Crippen molar-refractivity contribution in [1.29, 1.82) is 0 Å². The van der Waals surface area contributed by atoms with Crippen molar-refractivity contribution in [2.75, 3.05) is 72.1 Å². The van der Waals surface area contributed by atoms with Crippen LogP contribution in [0.25, 0.3) is 0 Å². The van der Waals surface area contributed by atoms with Crippen molar-refractivity contribution in [2.24, 2.45) is 16.8 Å². The molecule has 2 N–H and O–H groups in total. The highest BCUT2D eigenvalue weighted by Crippen LogP contribution is 2.20. The number of nitrogens with zero attached hydrogens (tertiary/aromatic N) is 3. The predicted octanol–water partition coefficient (Wildman–Crippen LogP) is 1.63. The molecule has 0 aromatic heterocycles. The molecule has 6 nitrogen and oxygen atoms in total. The van der Waals surface area contributed by atoms with Gasteiger partial charge in [-0.3, -0.25) is 9.89 Å². The number of guanidine groups is 1. The van der Waals surface area contributed by atoms with Gasteiger partial charge in [-0.2, -0.15) is 0 Å². The lowest BCUT2D eigenvalue weighted by Crippen LogP contribution is -2.41. The third-order valence-corrected chi connectivity index (χ3v) is 5.24. The molecule has 6 heteroatoms. The summed E-state index contributed by atoms with van der Waals surface area (Å²) in [7, 11) is 0. The average molecular weight is 368 g/mol. The Morgan fingerprint density at radius 3 is 2.38 bits per heavy atom. The number of morpholine rings is 1. The van der Waals surface area contributed by atoms with Gasteiger partial charge in [0, 0.05) is 45.8 Å². The van der Waals surface area contributed by atoms with E-state index < -0.39 is 0 Å².